The third kappa shape index (κ3) is 2.75. The maximum Gasteiger partial charge on any atom is 0.433 e. The molecule has 1 saturated heterocycles. The molecule has 18 heavy (non-hydrogen) atoms. The summed E-state index contributed by atoms with van der Waals surface area (Å²) < 4.78 is 37.6. The Bertz CT molecular complexity index is 420. The van der Waals surface area contributed by atoms with Gasteiger partial charge in [-0.1, -0.05) is 6.07 Å². The van der Waals surface area contributed by atoms with Crippen LogP contribution in [-0.2, 0) is 6.18 Å². The van der Waals surface area contributed by atoms with E-state index in [4.69, 9.17) is 0 Å². The highest BCUT2D eigenvalue weighted by molar-refractivity contribution is 5.41. The summed E-state index contributed by atoms with van der Waals surface area (Å²) in [5.41, 5.74) is -0.875. The predicted molar refractivity (Wildman–Crippen MR) is 61.2 cm³/mol. The number of anilines is 1. The molecular weight excluding hydrogens is 245 g/mol. The van der Waals surface area contributed by atoms with Crippen LogP contribution >= 0.6 is 0 Å². The predicted octanol–water partition coefficient (Wildman–Crippen LogP) is 2.31. The van der Waals surface area contributed by atoms with E-state index in [2.05, 4.69) is 4.98 Å². The zero-order valence-corrected chi connectivity index (χ0v) is 9.98. The van der Waals surface area contributed by atoms with Gasteiger partial charge in [0.25, 0.3) is 0 Å². The van der Waals surface area contributed by atoms with Crippen LogP contribution < -0.4 is 4.90 Å². The van der Waals surface area contributed by atoms with E-state index in [1.54, 1.807) is 17.9 Å². The lowest BCUT2D eigenvalue weighted by Crippen LogP contribution is -2.25. The molecule has 2 atom stereocenters. The molecule has 1 fully saturated rings. The van der Waals surface area contributed by atoms with Crippen LogP contribution in [0.2, 0.25) is 0 Å². The minimum absolute atomic E-state index is 0.0985. The third-order valence-electron chi connectivity index (χ3n) is 3.26. The van der Waals surface area contributed by atoms with E-state index in [1.807, 2.05) is 0 Å². The Morgan fingerprint density at radius 1 is 1.44 bits per heavy atom. The topological polar surface area (TPSA) is 36.4 Å². The molecule has 0 spiro atoms. The second-order valence-corrected chi connectivity index (χ2v) is 4.61. The average Bonchev–Trinajstić information content (AvgIpc) is 2.77. The summed E-state index contributed by atoms with van der Waals surface area (Å²) in [6, 6.07) is 3.90. The quantitative estimate of drug-likeness (QED) is 0.886. The van der Waals surface area contributed by atoms with Crippen LogP contribution in [0.25, 0.3) is 0 Å². The molecular formula is C12H15F3N2O. The van der Waals surface area contributed by atoms with Gasteiger partial charge in [0.2, 0.25) is 0 Å². The zero-order valence-electron chi connectivity index (χ0n) is 9.98. The number of halogens is 3. The summed E-state index contributed by atoms with van der Waals surface area (Å²) >= 11 is 0. The van der Waals surface area contributed by atoms with Crippen molar-refractivity contribution in [3.05, 3.63) is 23.9 Å². The number of aliphatic hydroxyl groups is 1. The zero-order chi connectivity index (χ0) is 13.3. The van der Waals surface area contributed by atoms with Crippen LogP contribution in [0.5, 0.6) is 0 Å². The molecule has 0 bridgehead atoms. The lowest BCUT2D eigenvalue weighted by atomic mass is 10.0. The highest BCUT2D eigenvalue weighted by Crippen LogP contribution is 2.30. The Labute approximate surface area is 103 Å². The summed E-state index contributed by atoms with van der Waals surface area (Å²) in [5, 5.41) is 9.47. The number of hydrogen-bond donors (Lipinski definition) is 1. The lowest BCUT2D eigenvalue weighted by Gasteiger charge is -2.19. The summed E-state index contributed by atoms with van der Waals surface area (Å²) in [5.74, 6) is 0.425. The average molecular weight is 260 g/mol. The van der Waals surface area contributed by atoms with Crippen LogP contribution in [0.15, 0.2) is 18.2 Å². The smallest absolute Gasteiger partial charge is 0.393 e. The largest absolute Gasteiger partial charge is 0.433 e. The molecule has 0 saturated carbocycles. The third-order valence-corrected chi connectivity index (χ3v) is 3.26. The lowest BCUT2D eigenvalue weighted by molar-refractivity contribution is -0.141. The summed E-state index contributed by atoms with van der Waals surface area (Å²) in [6.07, 6.45) is -4.09. The van der Waals surface area contributed by atoms with Gasteiger partial charge in [0, 0.05) is 19.0 Å². The van der Waals surface area contributed by atoms with Crippen molar-refractivity contribution in [3.8, 4) is 0 Å². The Morgan fingerprint density at radius 3 is 2.72 bits per heavy atom. The summed E-state index contributed by atoms with van der Waals surface area (Å²) in [4.78, 5) is 5.42. The van der Waals surface area contributed by atoms with Gasteiger partial charge in [0.05, 0.1) is 6.10 Å². The van der Waals surface area contributed by atoms with E-state index in [1.165, 1.54) is 6.07 Å². The van der Waals surface area contributed by atoms with Gasteiger partial charge >= 0.3 is 6.18 Å². The Morgan fingerprint density at radius 2 is 2.17 bits per heavy atom. The van der Waals surface area contributed by atoms with E-state index in [9.17, 15) is 18.3 Å². The molecule has 0 radical (unpaired) electrons. The standard InChI is InChI=1S/C12H15F3N2O/c1-8(18)9-5-6-17(7-9)11-4-2-3-10(16-11)12(13,14)15/h2-4,8-9,18H,5-7H2,1H3. The van der Waals surface area contributed by atoms with E-state index in [-0.39, 0.29) is 5.92 Å². The number of aromatic nitrogens is 1. The monoisotopic (exact) mass is 260 g/mol. The highest BCUT2D eigenvalue weighted by atomic mass is 19.4. The first-order chi connectivity index (χ1) is 8.38. The van der Waals surface area contributed by atoms with Gasteiger partial charge in [0.1, 0.15) is 11.5 Å². The molecule has 1 aliphatic heterocycles. The maximum absolute atomic E-state index is 12.5. The van der Waals surface area contributed by atoms with Gasteiger partial charge in [0.15, 0.2) is 0 Å². The minimum atomic E-state index is -4.42. The van der Waals surface area contributed by atoms with Gasteiger partial charge in [-0.2, -0.15) is 13.2 Å². The molecule has 2 unspecified atom stereocenters. The number of aliphatic hydroxyl groups excluding tert-OH is 1. The fraction of sp³-hybridized carbons (Fsp3) is 0.583. The fourth-order valence-electron chi connectivity index (χ4n) is 2.15. The first-order valence-electron chi connectivity index (χ1n) is 5.85. The molecule has 0 aromatic carbocycles. The number of pyridine rings is 1. The first kappa shape index (κ1) is 13.1. The normalized spacial score (nSPS) is 22.3. The molecule has 0 amide bonds. The second kappa shape index (κ2) is 4.76. The van der Waals surface area contributed by atoms with Crippen LogP contribution in [0.4, 0.5) is 19.0 Å². The van der Waals surface area contributed by atoms with Crippen molar-refractivity contribution < 1.29 is 18.3 Å². The van der Waals surface area contributed by atoms with Gasteiger partial charge in [-0.3, -0.25) is 0 Å². The van der Waals surface area contributed by atoms with Crippen molar-refractivity contribution >= 4 is 5.82 Å². The van der Waals surface area contributed by atoms with Crippen molar-refractivity contribution in [2.45, 2.75) is 25.6 Å². The van der Waals surface area contributed by atoms with Gasteiger partial charge in [-0.15, -0.1) is 0 Å². The van der Waals surface area contributed by atoms with Gasteiger partial charge < -0.3 is 10.0 Å². The summed E-state index contributed by atoms with van der Waals surface area (Å²) in [6.45, 7) is 2.88. The van der Waals surface area contributed by atoms with Crippen molar-refractivity contribution in [3.63, 3.8) is 0 Å². The van der Waals surface area contributed by atoms with Crippen molar-refractivity contribution in [1.82, 2.24) is 4.98 Å². The van der Waals surface area contributed by atoms with Crippen LogP contribution in [0.1, 0.15) is 19.0 Å². The molecule has 6 heteroatoms. The molecule has 2 heterocycles. The molecule has 1 aromatic heterocycles. The number of nitrogens with zero attached hydrogens (tertiary/aromatic N) is 2. The number of alkyl halides is 3. The molecule has 1 aliphatic rings. The van der Waals surface area contributed by atoms with Gasteiger partial charge in [-0.25, -0.2) is 4.98 Å². The second-order valence-electron chi connectivity index (χ2n) is 4.61. The highest BCUT2D eigenvalue weighted by Gasteiger charge is 2.33. The van der Waals surface area contributed by atoms with Gasteiger partial charge in [-0.05, 0) is 25.5 Å². The van der Waals surface area contributed by atoms with Crippen molar-refractivity contribution in [1.29, 1.82) is 0 Å². The number of hydrogen-bond acceptors (Lipinski definition) is 3. The van der Waals surface area contributed by atoms with Crippen molar-refractivity contribution in [2.75, 3.05) is 18.0 Å². The SMILES string of the molecule is CC(O)C1CCN(c2cccc(C(F)(F)F)n2)C1. The van der Waals surface area contributed by atoms with E-state index in [0.717, 1.165) is 12.5 Å². The molecule has 3 nitrogen and oxygen atoms in total. The Hall–Kier alpha value is -1.30. The Kier molecular flexibility index (Phi) is 3.47. The van der Waals surface area contributed by atoms with E-state index in [0.29, 0.717) is 18.9 Å². The van der Waals surface area contributed by atoms with Crippen LogP contribution in [-0.4, -0.2) is 29.3 Å². The Balaban J connectivity index is 2.15. The van der Waals surface area contributed by atoms with Crippen LogP contribution in [0, 0.1) is 5.92 Å². The molecule has 100 valence electrons. The fourth-order valence-corrected chi connectivity index (χ4v) is 2.15. The number of rotatable bonds is 2. The van der Waals surface area contributed by atoms with Crippen LogP contribution in [0.3, 0.4) is 0 Å². The maximum atomic E-state index is 12.5. The van der Waals surface area contributed by atoms with E-state index < -0.39 is 18.0 Å². The molecule has 1 N–H and O–H groups in total. The summed E-state index contributed by atoms with van der Waals surface area (Å²) in [7, 11) is 0. The molecule has 2 rings (SSSR count). The van der Waals surface area contributed by atoms with E-state index >= 15 is 0 Å². The molecule has 1 aromatic rings. The van der Waals surface area contributed by atoms with Crippen molar-refractivity contribution in [2.24, 2.45) is 5.92 Å². The molecule has 0 aliphatic carbocycles. The first-order valence-corrected chi connectivity index (χ1v) is 5.85. The minimum Gasteiger partial charge on any atom is -0.393 e.